The third-order valence-corrected chi connectivity index (χ3v) is 5.04. The van der Waals surface area contributed by atoms with Crippen LogP contribution in [0.25, 0.3) is 21.8 Å². The Kier molecular flexibility index (Phi) is 4.93. The summed E-state index contributed by atoms with van der Waals surface area (Å²) in [4.78, 5) is 23.6. The topological polar surface area (TPSA) is 77.1 Å². The number of hydrogen-bond acceptors (Lipinski definition) is 2. The molecule has 3 aromatic carbocycles. The Morgan fingerprint density at radius 2 is 1.84 bits per heavy atom. The molecule has 157 valence electrons. The third kappa shape index (κ3) is 3.72. The highest BCUT2D eigenvalue weighted by Crippen LogP contribution is 2.37. The van der Waals surface area contributed by atoms with Gasteiger partial charge in [-0.2, -0.15) is 13.2 Å². The highest BCUT2D eigenvalue weighted by Gasteiger charge is 2.31. The van der Waals surface area contributed by atoms with Gasteiger partial charge in [-0.05, 0) is 42.0 Å². The lowest BCUT2D eigenvalue weighted by Gasteiger charge is -2.13. The summed E-state index contributed by atoms with van der Waals surface area (Å²) in [6.45, 7) is 1.54. The number of amides is 2. The summed E-state index contributed by atoms with van der Waals surface area (Å²) in [5.41, 5.74) is 6.92. The largest absolute Gasteiger partial charge is 0.416 e. The van der Waals surface area contributed by atoms with E-state index in [1.165, 1.54) is 13.0 Å². The van der Waals surface area contributed by atoms with Crippen LogP contribution in [0.4, 0.5) is 18.9 Å². The molecule has 4 aromatic rings. The van der Waals surface area contributed by atoms with E-state index in [0.29, 0.717) is 27.5 Å². The van der Waals surface area contributed by atoms with Gasteiger partial charge in [-0.3, -0.25) is 9.59 Å². The number of hydrogen-bond donors (Lipinski definition) is 2. The van der Waals surface area contributed by atoms with Crippen molar-refractivity contribution in [3.05, 3.63) is 77.4 Å². The second-order valence-electron chi connectivity index (χ2n) is 7.13. The Morgan fingerprint density at radius 1 is 1.10 bits per heavy atom. The van der Waals surface area contributed by atoms with Crippen molar-refractivity contribution in [1.82, 2.24) is 4.57 Å². The van der Waals surface area contributed by atoms with Crippen LogP contribution < -0.4 is 11.1 Å². The number of para-hydroxylation sites is 1. The van der Waals surface area contributed by atoms with E-state index in [1.807, 2.05) is 0 Å². The fourth-order valence-electron chi connectivity index (χ4n) is 3.74. The number of nitrogens with zero attached hydrogens (tertiary/aromatic N) is 1. The number of nitrogens with one attached hydrogen (secondary N) is 1. The number of nitrogens with two attached hydrogens (primary N) is 1. The number of carbonyl (C=O) groups excluding carboxylic acids is 2. The van der Waals surface area contributed by atoms with E-state index in [9.17, 15) is 22.8 Å². The van der Waals surface area contributed by atoms with Gasteiger partial charge in [-0.15, -0.1) is 0 Å². The first kappa shape index (κ1) is 20.5. The lowest BCUT2D eigenvalue weighted by molar-refractivity contribution is -0.137. The first-order valence-corrected chi connectivity index (χ1v) is 9.36. The van der Waals surface area contributed by atoms with E-state index in [2.05, 4.69) is 11.4 Å². The minimum atomic E-state index is -4.55. The number of aromatic nitrogens is 1. The zero-order valence-electron chi connectivity index (χ0n) is 16.4. The van der Waals surface area contributed by atoms with Gasteiger partial charge in [0.15, 0.2) is 0 Å². The molecule has 0 saturated heterocycles. The standard InChI is InChI=1S/C23H17F3N3O2/c1-13(30)28-18-7-3-2-5-14(18)12-29-19-8-4-6-17(22(27)31)21(19)16-10-9-15(11-20(16)29)23(24,25)26/h2-9,11H,12H2,1H3,(H2,27,31)(H,28,30). The van der Waals surface area contributed by atoms with Crippen molar-refractivity contribution in [3.8, 4) is 0 Å². The number of rotatable bonds is 4. The molecule has 3 N–H and O–H groups in total. The van der Waals surface area contributed by atoms with Gasteiger partial charge in [-0.25, -0.2) is 0 Å². The molecule has 0 atom stereocenters. The molecule has 5 nitrogen and oxygen atoms in total. The second kappa shape index (κ2) is 7.46. The zero-order chi connectivity index (χ0) is 22.3. The Labute approximate surface area is 175 Å². The van der Waals surface area contributed by atoms with Gasteiger partial charge < -0.3 is 15.6 Å². The molecule has 1 radical (unpaired) electrons. The lowest BCUT2D eigenvalue weighted by Crippen LogP contribution is -2.11. The SMILES string of the molecule is CC(=O)Nc1ccccc1Cn1c2cc(C(F)(F)F)c[c]c2c2c(C(N)=O)cccc21. The second-order valence-corrected chi connectivity index (χ2v) is 7.13. The van der Waals surface area contributed by atoms with Crippen molar-refractivity contribution in [2.45, 2.75) is 19.6 Å². The van der Waals surface area contributed by atoms with Crippen molar-refractivity contribution in [3.63, 3.8) is 0 Å². The minimum Gasteiger partial charge on any atom is -0.366 e. The summed E-state index contributed by atoms with van der Waals surface area (Å²) >= 11 is 0. The average Bonchev–Trinajstić information content (AvgIpc) is 3.01. The molecule has 0 spiro atoms. The van der Waals surface area contributed by atoms with Crippen molar-refractivity contribution in [2.24, 2.45) is 5.73 Å². The predicted octanol–water partition coefficient (Wildman–Crippen LogP) is 4.72. The Hall–Kier alpha value is -3.81. The maximum absolute atomic E-state index is 13.4. The van der Waals surface area contributed by atoms with Gasteiger partial charge in [-0.1, -0.05) is 24.3 Å². The van der Waals surface area contributed by atoms with Gasteiger partial charge in [0.1, 0.15) is 0 Å². The van der Waals surface area contributed by atoms with Crippen molar-refractivity contribution < 1.29 is 22.8 Å². The number of fused-ring (bicyclic) bond motifs is 3. The minimum absolute atomic E-state index is 0.161. The van der Waals surface area contributed by atoms with E-state index in [1.54, 1.807) is 41.0 Å². The Morgan fingerprint density at radius 3 is 2.52 bits per heavy atom. The molecule has 0 aliphatic carbocycles. The van der Waals surface area contributed by atoms with E-state index in [0.717, 1.165) is 12.1 Å². The molecule has 0 unspecified atom stereocenters. The highest BCUT2D eigenvalue weighted by molar-refractivity contribution is 6.17. The summed E-state index contributed by atoms with van der Waals surface area (Å²) in [5, 5.41) is 3.54. The highest BCUT2D eigenvalue weighted by atomic mass is 19.4. The summed E-state index contributed by atoms with van der Waals surface area (Å²) in [7, 11) is 0. The predicted molar refractivity (Wildman–Crippen MR) is 112 cm³/mol. The third-order valence-electron chi connectivity index (χ3n) is 5.04. The maximum Gasteiger partial charge on any atom is 0.416 e. The first-order chi connectivity index (χ1) is 14.7. The summed E-state index contributed by atoms with van der Waals surface area (Å²) in [6.07, 6.45) is -4.55. The summed E-state index contributed by atoms with van der Waals surface area (Å²) < 4.78 is 41.9. The van der Waals surface area contributed by atoms with Crippen molar-refractivity contribution in [1.29, 1.82) is 0 Å². The molecule has 1 heterocycles. The number of alkyl halides is 3. The van der Waals surface area contributed by atoms with Crippen LogP contribution in [-0.2, 0) is 17.5 Å². The van der Waals surface area contributed by atoms with Crippen LogP contribution in [0, 0.1) is 6.07 Å². The molecule has 0 aliphatic rings. The fraction of sp³-hybridized carbons (Fsp3) is 0.130. The number of halogens is 3. The van der Waals surface area contributed by atoms with E-state index in [4.69, 9.17) is 5.73 Å². The van der Waals surface area contributed by atoms with Crippen LogP contribution in [0.1, 0.15) is 28.4 Å². The maximum atomic E-state index is 13.4. The van der Waals surface area contributed by atoms with Crippen LogP contribution in [0.3, 0.4) is 0 Å². The van der Waals surface area contributed by atoms with Crippen LogP contribution in [0.2, 0.25) is 0 Å². The summed E-state index contributed by atoms with van der Waals surface area (Å²) in [5.74, 6) is -0.949. The molecule has 4 rings (SSSR count). The van der Waals surface area contributed by atoms with E-state index >= 15 is 0 Å². The van der Waals surface area contributed by atoms with Crippen LogP contribution in [0.5, 0.6) is 0 Å². The quantitative estimate of drug-likeness (QED) is 0.497. The van der Waals surface area contributed by atoms with Gasteiger partial charge in [0.2, 0.25) is 11.8 Å². The van der Waals surface area contributed by atoms with Gasteiger partial charge >= 0.3 is 6.18 Å². The Bertz CT molecular complexity index is 1340. The molecule has 0 fully saturated rings. The molecule has 0 saturated carbocycles. The zero-order valence-corrected chi connectivity index (χ0v) is 16.4. The van der Waals surface area contributed by atoms with E-state index < -0.39 is 17.6 Å². The monoisotopic (exact) mass is 424 g/mol. The smallest absolute Gasteiger partial charge is 0.366 e. The Balaban J connectivity index is 2.02. The number of anilines is 1. The normalized spacial score (nSPS) is 11.7. The van der Waals surface area contributed by atoms with Gasteiger partial charge in [0.25, 0.3) is 0 Å². The molecule has 31 heavy (non-hydrogen) atoms. The average molecular weight is 424 g/mol. The molecular formula is C23H17F3N3O2. The fourth-order valence-corrected chi connectivity index (χ4v) is 3.74. The summed E-state index contributed by atoms with van der Waals surface area (Å²) in [6, 6.07) is 16.5. The first-order valence-electron chi connectivity index (χ1n) is 9.36. The number of carbonyl (C=O) groups is 2. The molecule has 2 amide bonds. The van der Waals surface area contributed by atoms with Crippen molar-refractivity contribution in [2.75, 3.05) is 5.32 Å². The molecule has 0 aliphatic heterocycles. The van der Waals surface area contributed by atoms with Crippen LogP contribution in [-0.4, -0.2) is 16.4 Å². The lowest BCUT2D eigenvalue weighted by atomic mass is 10.0. The number of benzene rings is 3. The van der Waals surface area contributed by atoms with Gasteiger partial charge in [0, 0.05) is 28.9 Å². The molecule has 0 bridgehead atoms. The van der Waals surface area contributed by atoms with Crippen molar-refractivity contribution >= 4 is 39.3 Å². The molecular weight excluding hydrogens is 407 g/mol. The molecule has 8 heteroatoms. The van der Waals surface area contributed by atoms with E-state index in [-0.39, 0.29) is 23.5 Å². The van der Waals surface area contributed by atoms with Crippen LogP contribution in [0.15, 0.2) is 54.6 Å². The number of primary amides is 1. The van der Waals surface area contributed by atoms with Crippen LogP contribution >= 0.6 is 0 Å². The van der Waals surface area contributed by atoms with Gasteiger partial charge in [0.05, 0.1) is 23.1 Å². The molecule has 1 aromatic heterocycles.